The van der Waals surface area contributed by atoms with Crippen LogP contribution < -0.4 is 0 Å². The molecule has 0 aliphatic carbocycles. The van der Waals surface area contributed by atoms with Crippen LogP contribution in [0.25, 0.3) is 0 Å². The number of aromatic amines is 1. The molecule has 80 valence electrons. The molecule has 0 aromatic carbocycles. The molecular formula is C11H14N2OS. The summed E-state index contributed by atoms with van der Waals surface area (Å²) in [4.78, 5) is 9.42. The summed E-state index contributed by atoms with van der Waals surface area (Å²) in [6.45, 7) is 2.12. The molecule has 1 atom stereocenters. The number of aromatic nitrogens is 2. The summed E-state index contributed by atoms with van der Waals surface area (Å²) in [6.07, 6.45) is 4.61. The first-order valence-corrected chi connectivity index (χ1v) is 5.86. The Kier molecular flexibility index (Phi) is 3.18. The topological polar surface area (TPSA) is 48.9 Å². The van der Waals surface area contributed by atoms with Crippen molar-refractivity contribution in [2.45, 2.75) is 25.9 Å². The predicted octanol–water partition coefficient (Wildman–Crippen LogP) is 2.31. The lowest BCUT2D eigenvalue weighted by atomic mass is 10.2. The Morgan fingerprint density at radius 3 is 3.00 bits per heavy atom. The van der Waals surface area contributed by atoms with Crippen LogP contribution in [0.1, 0.15) is 28.6 Å². The van der Waals surface area contributed by atoms with E-state index >= 15 is 0 Å². The maximum absolute atomic E-state index is 9.95. The fraction of sp³-hybridized carbons (Fsp3) is 0.364. The molecule has 2 aromatic heterocycles. The summed E-state index contributed by atoms with van der Waals surface area (Å²) < 4.78 is 0. The van der Waals surface area contributed by atoms with Crippen LogP contribution in [-0.4, -0.2) is 15.1 Å². The fourth-order valence-electron chi connectivity index (χ4n) is 1.46. The van der Waals surface area contributed by atoms with Crippen LogP contribution in [0.15, 0.2) is 24.5 Å². The van der Waals surface area contributed by atoms with Crippen molar-refractivity contribution in [2.75, 3.05) is 0 Å². The van der Waals surface area contributed by atoms with Crippen LogP contribution in [0.5, 0.6) is 0 Å². The van der Waals surface area contributed by atoms with E-state index in [-0.39, 0.29) is 0 Å². The summed E-state index contributed by atoms with van der Waals surface area (Å²) in [5.41, 5.74) is 0. The van der Waals surface area contributed by atoms with Crippen molar-refractivity contribution < 1.29 is 5.11 Å². The van der Waals surface area contributed by atoms with E-state index < -0.39 is 6.10 Å². The molecular weight excluding hydrogens is 208 g/mol. The Balaban J connectivity index is 2.04. The number of rotatable bonds is 4. The minimum atomic E-state index is -0.443. The van der Waals surface area contributed by atoms with Gasteiger partial charge in [0.1, 0.15) is 5.82 Å². The molecule has 4 heteroatoms. The third-order valence-corrected chi connectivity index (χ3v) is 3.63. The van der Waals surface area contributed by atoms with Gasteiger partial charge in [-0.15, -0.1) is 11.3 Å². The largest absolute Gasteiger partial charge is 0.387 e. The van der Waals surface area contributed by atoms with Crippen molar-refractivity contribution in [1.29, 1.82) is 0 Å². The van der Waals surface area contributed by atoms with E-state index in [0.29, 0.717) is 6.42 Å². The predicted molar refractivity (Wildman–Crippen MR) is 60.9 cm³/mol. The van der Waals surface area contributed by atoms with Crippen molar-refractivity contribution in [3.63, 3.8) is 0 Å². The van der Waals surface area contributed by atoms with Gasteiger partial charge < -0.3 is 10.1 Å². The average Bonchev–Trinajstić information content (AvgIpc) is 2.86. The van der Waals surface area contributed by atoms with Gasteiger partial charge in [0.05, 0.1) is 6.10 Å². The summed E-state index contributed by atoms with van der Waals surface area (Å²) in [5, 5.41) is 9.95. The first-order valence-electron chi connectivity index (χ1n) is 5.04. The van der Waals surface area contributed by atoms with Crippen LogP contribution in [0, 0.1) is 0 Å². The van der Waals surface area contributed by atoms with Crippen molar-refractivity contribution in [1.82, 2.24) is 9.97 Å². The van der Waals surface area contributed by atoms with E-state index in [1.165, 1.54) is 4.88 Å². The van der Waals surface area contributed by atoms with Crippen molar-refractivity contribution in [3.8, 4) is 0 Å². The minimum Gasteiger partial charge on any atom is -0.387 e. The van der Waals surface area contributed by atoms with Gasteiger partial charge in [-0.25, -0.2) is 4.98 Å². The molecule has 0 fully saturated rings. The number of imidazole rings is 1. The molecule has 0 amide bonds. The van der Waals surface area contributed by atoms with Gasteiger partial charge in [0.15, 0.2) is 0 Å². The monoisotopic (exact) mass is 222 g/mol. The third kappa shape index (κ3) is 2.46. The molecule has 2 heterocycles. The molecule has 3 nitrogen and oxygen atoms in total. The smallest absolute Gasteiger partial charge is 0.108 e. The number of aryl methyl sites for hydroxylation is 1. The van der Waals surface area contributed by atoms with Gasteiger partial charge in [0.2, 0.25) is 0 Å². The van der Waals surface area contributed by atoms with Crippen LogP contribution in [0.4, 0.5) is 0 Å². The van der Waals surface area contributed by atoms with Crippen LogP contribution in [0.3, 0.4) is 0 Å². The Labute approximate surface area is 92.8 Å². The summed E-state index contributed by atoms with van der Waals surface area (Å²) in [6, 6.07) is 4.07. The van der Waals surface area contributed by atoms with Crippen molar-refractivity contribution in [2.24, 2.45) is 0 Å². The number of thiophene rings is 1. The van der Waals surface area contributed by atoms with Crippen molar-refractivity contribution >= 4 is 11.3 Å². The second-order valence-electron chi connectivity index (χ2n) is 3.41. The first kappa shape index (κ1) is 10.4. The molecule has 1 unspecified atom stereocenters. The number of hydrogen-bond donors (Lipinski definition) is 2. The highest BCUT2D eigenvalue weighted by atomic mass is 32.1. The summed E-state index contributed by atoms with van der Waals surface area (Å²) in [7, 11) is 0. The zero-order valence-corrected chi connectivity index (χ0v) is 9.42. The normalized spacial score (nSPS) is 12.9. The van der Waals surface area contributed by atoms with E-state index in [0.717, 1.165) is 17.1 Å². The molecule has 2 N–H and O–H groups in total. The highest BCUT2D eigenvalue weighted by Gasteiger charge is 2.12. The minimum absolute atomic E-state index is 0.443. The van der Waals surface area contributed by atoms with E-state index in [4.69, 9.17) is 0 Å². The Bertz CT molecular complexity index is 408. The molecule has 0 aliphatic rings. The van der Waals surface area contributed by atoms with E-state index in [2.05, 4.69) is 23.0 Å². The fourth-order valence-corrected chi connectivity index (χ4v) is 2.40. The Morgan fingerprint density at radius 2 is 2.40 bits per heavy atom. The molecule has 0 radical (unpaired) electrons. The number of H-pyrrole nitrogens is 1. The Hall–Kier alpha value is -1.13. The van der Waals surface area contributed by atoms with Gasteiger partial charge in [0.25, 0.3) is 0 Å². The molecule has 0 aliphatic heterocycles. The maximum atomic E-state index is 9.95. The third-order valence-electron chi connectivity index (χ3n) is 2.30. The molecule has 0 bridgehead atoms. The number of nitrogens with zero attached hydrogens (tertiary/aromatic N) is 1. The SMILES string of the molecule is CCc1ccc(C(O)Cc2ncc[nH]2)s1. The lowest BCUT2D eigenvalue weighted by molar-refractivity contribution is 0.180. The van der Waals surface area contributed by atoms with E-state index in [1.54, 1.807) is 23.7 Å². The van der Waals surface area contributed by atoms with Crippen LogP contribution >= 0.6 is 11.3 Å². The standard InChI is InChI=1S/C11H14N2OS/c1-2-8-3-4-10(15-8)9(14)7-11-12-5-6-13-11/h3-6,9,14H,2,7H2,1H3,(H,12,13). The molecule has 2 aromatic rings. The van der Waals surface area contributed by atoms with E-state index in [1.807, 2.05) is 6.07 Å². The van der Waals surface area contributed by atoms with Gasteiger partial charge in [-0.1, -0.05) is 6.92 Å². The van der Waals surface area contributed by atoms with Crippen molar-refractivity contribution in [3.05, 3.63) is 40.1 Å². The second kappa shape index (κ2) is 4.59. The average molecular weight is 222 g/mol. The van der Waals surface area contributed by atoms with Gasteiger partial charge in [-0.3, -0.25) is 0 Å². The zero-order valence-electron chi connectivity index (χ0n) is 8.60. The van der Waals surface area contributed by atoms with Gasteiger partial charge >= 0.3 is 0 Å². The Morgan fingerprint density at radius 1 is 1.53 bits per heavy atom. The highest BCUT2D eigenvalue weighted by molar-refractivity contribution is 7.12. The summed E-state index contributed by atoms with van der Waals surface area (Å²) >= 11 is 1.67. The summed E-state index contributed by atoms with van der Waals surface area (Å²) in [5.74, 6) is 0.828. The molecule has 15 heavy (non-hydrogen) atoms. The molecule has 0 saturated heterocycles. The highest BCUT2D eigenvalue weighted by Crippen LogP contribution is 2.25. The van der Waals surface area contributed by atoms with Gasteiger partial charge in [-0.2, -0.15) is 0 Å². The lowest BCUT2D eigenvalue weighted by Crippen LogP contribution is -2.00. The van der Waals surface area contributed by atoms with Gasteiger partial charge in [0, 0.05) is 28.6 Å². The second-order valence-corrected chi connectivity index (χ2v) is 4.61. The molecule has 2 rings (SSSR count). The lowest BCUT2D eigenvalue weighted by Gasteiger charge is -2.05. The number of hydrogen-bond acceptors (Lipinski definition) is 3. The number of nitrogens with one attached hydrogen (secondary N) is 1. The number of aliphatic hydroxyl groups excluding tert-OH is 1. The quantitative estimate of drug-likeness (QED) is 0.834. The van der Waals surface area contributed by atoms with Crippen LogP contribution in [0.2, 0.25) is 0 Å². The van der Waals surface area contributed by atoms with E-state index in [9.17, 15) is 5.11 Å². The van der Waals surface area contributed by atoms with Crippen LogP contribution in [-0.2, 0) is 12.8 Å². The molecule has 0 saturated carbocycles. The first-order chi connectivity index (χ1) is 7.29. The zero-order chi connectivity index (χ0) is 10.7. The van der Waals surface area contributed by atoms with Gasteiger partial charge in [-0.05, 0) is 18.6 Å². The number of aliphatic hydroxyl groups is 1. The molecule has 0 spiro atoms. The maximum Gasteiger partial charge on any atom is 0.108 e.